The van der Waals surface area contributed by atoms with Crippen LogP contribution in [0, 0.1) is 0 Å². The molecule has 0 amide bonds. The molecule has 1 fully saturated rings. The van der Waals surface area contributed by atoms with Gasteiger partial charge >= 0.3 is 0 Å². The lowest BCUT2D eigenvalue weighted by Gasteiger charge is -2.36. The van der Waals surface area contributed by atoms with E-state index in [-0.39, 0.29) is 11.0 Å². The molecule has 0 radical (unpaired) electrons. The van der Waals surface area contributed by atoms with E-state index in [0.29, 0.717) is 6.61 Å². The van der Waals surface area contributed by atoms with Crippen LogP contribution in [0.25, 0.3) is 0 Å². The monoisotopic (exact) mass is 409 g/mol. The maximum atomic E-state index is 6.01. The summed E-state index contributed by atoms with van der Waals surface area (Å²) < 4.78 is 11.5. The molecule has 5 nitrogen and oxygen atoms in total. The Morgan fingerprint density at radius 3 is 2.50 bits per heavy atom. The summed E-state index contributed by atoms with van der Waals surface area (Å²) in [5.41, 5.74) is 5.97. The van der Waals surface area contributed by atoms with Gasteiger partial charge in [-0.15, -0.1) is 0 Å². The van der Waals surface area contributed by atoms with E-state index in [1.54, 1.807) is 7.11 Å². The summed E-state index contributed by atoms with van der Waals surface area (Å²) in [5.74, 6) is 0.862. The number of fused-ring (bicyclic) bond motifs is 2. The van der Waals surface area contributed by atoms with Gasteiger partial charge in [0.2, 0.25) is 0 Å². The molecule has 30 heavy (non-hydrogen) atoms. The van der Waals surface area contributed by atoms with Crippen LogP contribution in [0.2, 0.25) is 0 Å². The van der Waals surface area contributed by atoms with Crippen molar-refractivity contribution in [2.75, 3.05) is 45.2 Å². The van der Waals surface area contributed by atoms with Crippen molar-refractivity contribution in [3.63, 3.8) is 0 Å². The molecule has 2 aliphatic rings. The molecule has 162 valence electrons. The maximum absolute atomic E-state index is 6.01. The van der Waals surface area contributed by atoms with Gasteiger partial charge in [0, 0.05) is 62.7 Å². The third kappa shape index (κ3) is 4.34. The van der Waals surface area contributed by atoms with Crippen LogP contribution in [0.15, 0.2) is 36.4 Å². The first-order chi connectivity index (χ1) is 14.3. The van der Waals surface area contributed by atoms with Crippen LogP contribution < -0.4 is 15.4 Å². The van der Waals surface area contributed by atoms with Gasteiger partial charge in [-0.2, -0.15) is 0 Å². The van der Waals surface area contributed by atoms with Gasteiger partial charge in [-0.1, -0.05) is 32.0 Å². The summed E-state index contributed by atoms with van der Waals surface area (Å²) in [6.07, 6.45) is 0. The molecule has 0 spiro atoms. The van der Waals surface area contributed by atoms with E-state index in [1.165, 1.54) is 22.4 Å². The van der Waals surface area contributed by atoms with Crippen molar-refractivity contribution in [3.05, 3.63) is 53.1 Å². The number of methoxy groups -OCH3 is 1. The molecule has 2 N–H and O–H groups in total. The molecule has 0 atom stereocenters. The van der Waals surface area contributed by atoms with Crippen LogP contribution in [-0.2, 0) is 16.7 Å². The summed E-state index contributed by atoms with van der Waals surface area (Å²) >= 11 is 0. The number of rotatable bonds is 6. The topological polar surface area (TPSA) is 45.8 Å². The predicted octanol–water partition coefficient (Wildman–Crippen LogP) is 4.28. The van der Waals surface area contributed by atoms with Crippen LogP contribution in [0.3, 0.4) is 0 Å². The Hall–Kier alpha value is -2.08. The highest BCUT2D eigenvalue weighted by atomic mass is 16.5. The SMILES string of the molecule is COC(C)(C)COc1ccc2c(c1)Nc1ccc(CN3CCNCC3)cc1C2(C)C. The van der Waals surface area contributed by atoms with Crippen LogP contribution in [-0.4, -0.2) is 50.4 Å². The van der Waals surface area contributed by atoms with Crippen LogP contribution in [0.1, 0.15) is 44.4 Å². The first-order valence-corrected chi connectivity index (χ1v) is 10.9. The van der Waals surface area contributed by atoms with Gasteiger partial charge in [0.15, 0.2) is 0 Å². The molecule has 0 aliphatic carbocycles. The van der Waals surface area contributed by atoms with Crippen molar-refractivity contribution in [2.24, 2.45) is 0 Å². The fourth-order valence-corrected chi connectivity index (χ4v) is 4.31. The van der Waals surface area contributed by atoms with Crippen LogP contribution in [0.4, 0.5) is 11.4 Å². The molecule has 2 aromatic carbocycles. The van der Waals surface area contributed by atoms with Gasteiger partial charge in [0.1, 0.15) is 12.4 Å². The first-order valence-electron chi connectivity index (χ1n) is 10.9. The molecule has 0 unspecified atom stereocenters. The predicted molar refractivity (Wildman–Crippen MR) is 123 cm³/mol. The largest absolute Gasteiger partial charge is 0.491 e. The number of hydrogen-bond donors (Lipinski definition) is 2. The van der Waals surface area contributed by atoms with Gasteiger partial charge in [0.05, 0.1) is 5.60 Å². The second-order valence-electron chi connectivity index (χ2n) is 9.62. The third-order valence-corrected chi connectivity index (χ3v) is 6.45. The molecule has 5 heteroatoms. The molecular formula is C25H35N3O2. The van der Waals surface area contributed by atoms with E-state index >= 15 is 0 Å². The van der Waals surface area contributed by atoms with Gasteiger partial charge in [-0.3, -0.25) is 4.90 Å². The van der Waals surface area contributed by atoms with Gasteiger partial charge in [0.25, 0.3) is 0 Å². The van der Waals surface area contributed by atoms with E-state index in [9.17, 15) is 0 Å². The fraction of sp³-hybridized carbons (Fsp3) is 0.520. The highest BCUT2D eigenvalue weighted by Crippen LogP contribution is 2.46. The molecular weight excluding hydrogens is 374 g/mol. The normalized spacial score (nSPS) is 18.3. The number of ether oxygens (including phenoxy) is 2. The fourth-order valence-electron chi connectivity index (χ4n) is 4.31. The second kappa shape index (κ2) is 8.22. The van der Waals surface area contributed by atoms with Crippen molar-refractivity contribution in [1.29, 1.82) is 0 Å². The Balaban J connectivity index is 1.56. The second-order valence-corrected chi connectivity index (χ2v) is 9.62. The minimum absolute atomic E-state index is 0.0697. The Bertz CT molecular complexity index is 901. The summed E-state index contributed by atoms with van der Waals surface area (Å²) in [6, 6.07) is 13.3. The Morgan fingerprint density at radius 1 is 1.00 bits per heavy atom. The molecule has 2 aromatic rings. The van der Waals surface area contributed by atoms with Gasteiger partial charge in [-0.05, 0) is 42.7 Å². The van der Waals surface area contributed by atoms with E-state index in [4.69, 9.17) is 9.47 Å². The van der Waals surface area contributed by atoms with Gasteiger partial charge < -0.3 is 20.1 Å². The molecule has 1 saturated heterocycles. The summed E-state index contributed by atoms with van der Waals surface area (Å²) in [7, 11) is 1.72. The van der Waals surface area contributed by atoms with Crippen molar-refractivity contribution in [1.82, 2.24) is 10.2 Å². The summed E-state index contributed by atoms with van der Waals surface area (Å²) in [5, 5.41) is 7.07. The van der Waals surface area contributed by atoms with Gasteiger partial charge in [-0.25, -0.2) is 0 Å². The van der Waals surface area contributed by atoms with Crippen molar-refractivity contribution >= 4 is 11.4 Å². The minimum atomic E-state index is -0.310. The average molecular weight is 410 g/mol. The van der Waals surface area contributed by atoms with Crippen LogP contribution in [0.5, 0.6) is 5.75 Å². The quantitative estimate of drug-likeness (QED) is 0.746. The van der Waals surface area contributed by atoms with E-state index in [0.717, 1.165) is 44.2 Å². The number of hydrogen-bond acceptors (Lipinski definition) is 5. The lowest BCUT2D eigenvalue weighted by atomic mass is 9.74. The average Bonchev–Trinajstić information content (AvgIpc) is 2.73. The first kappa shape index (κ1) is 21.2. The number of benzene rings is 2. The standard InChI is InChI=1S/C25H35N3O2/c1-24(2,29-5)17-30-19-7-8-20-23(15-19)27-22-9-6-18(14-21(22)25(20,3)4)16-28-12-10-26-11-13-28/h6-9,14-15,26-27H,10-13,16-17H2,1-5H3. The highest BCUT2D eigenvalue weighted by molar-refractivity contribution is 5.76. The van der Waals surface area contributed by atoms with E-state index in [1.807, 2.05) is 13.8 Å². The number of piperazine rings is 1. The smallest absolute Gasteiger partial charge is 0.121 e. The zero-order valence-electron chi connectivity index (χ0n) is 19.0. The van der Waals surface area contributed by atoms with Crippen LogP contribution >= 0.6 is 0 Å². The van der Waals surface area contributed by atoms with E-state index < -0.39 is 0 Å². The van der Waals surface area contributed by atoms with Crippen molar-refractivity contribution < 1.29 is 9.47 Å². The number of anilines is 2. The molecule has 0 saturated carbocycles. The molecule has 0 aromatic heterocycles. The maximum Gasteiger partial charge on any atom is 0.121 e. The number of nitrogens with zero attached hydrogens (tertiary/aromatic N) is 1. The highest BCUT2D eigenvalue weighted by Gasteiger charge is 2.33. The van der Waals surface area contributed by atoms with E-state index in [2.05, 4.69) is 65.8 Å². The zero-order valence-corrected chi connectivity index (χ0v) is 19.0. The third-order valence-electron chi connectivity index (χ3n) is 6.45. The van der Waals surface area contributed by atoms with Crippen molar-refractivity contribution in [2.45, 2.75) is 45.3 Å². The Kier molecular flexibility index (Phi) is 5.80. The molecule has 2 aliphatic heterocycles. The Morgan fingerprint density at radius 2 is 1.77 bits per heavy atom. The van der Waals surface area contributed by atoms with Crippen molar-refractivity contribution in [3.8, 4) is 5.75 Å². The Labute approximate surface area is 180 Å². The summed E-state index contributed by atoms with van der Waals surface area (Å²) in [6.45, 7) is 14.6. The molecule has 0 bridgehead atoms. The zero-order chi connectivity index (χ0) is 21.4. The minimum Gasteiger partial charge on any atom is -0.491 e. The number of nitrogens with one attached hydrogen (secondary N) is 2. The molecule has 2 heterocycles. The summed E-state index contributed by atoms with van der Waals surface area (Å²) in [4.78, 5) is 2.53. The lowest BCUT2D eigenvalue weighted by Crippen LogP contribution is -2.42. The lowest BCUT2D eigenvalue weighted by molar-refractivity contribution is -0.0146. The molecule has 4 rings (SSSR count).